The largest absolute Gasteiger partial charge is 0.383 e. The van der Waals surface area contributed by atoms with E-state index in [1.165, 1.54) is 32.7 Å². The molecule has 1 heterocycles. The molecular formula is C14H32N4O. The highest BCUT2D eigenvalue weighted by Crippen LogP contribution is 2.03. The van der Waals surface area contributed by atoms with Gasteiger partial charge in [0.05, 0.1) is 6.61 Å². The summed E-state index contributed by atoms with van der Waals surface area (Å²) in [6.07, 6.45) is 0. The van der Waals surface area contributed by atoms with Crippen molar-refractivity contribution in [1.82, 2.24) is 20.0 Å². The Morgan fingerprint density at radius 2 is 1.79 bits per heavy atom. The zero-order chi connectivity index (χ0) is 14.1. The monoisotopic (exact) mass is 272 g/mol. The number of nitrogens with zero attached hydrogens (tertiary/aromatic N) is 3. The number of hydrogen-bond donors (Lipinski definition) is 1. The summed E-state index contributed by atoms with van der Waals surface area (Å²) < 4.78 is 5.28. The van der Waals surface area contributed by atoms with Crippen LogP contribution in [0.5, 0.6) is 0 Å². The quantitative estimate of drug-likeness (QED) is 0.628. The molecule has 0 aliphatic carbocycles. The first-order valence-electron chi connectivity index (χ1n) is 7.47. The molecule has 1 N–H and O–H groups in total. The van der Waals surface area contributed by atoms with Gasteiger partial charge >= 0.3 is 0 Å². The number of hydrogen-bond acceptors (Lipinski definition) is 5. The molecular weight excluding hydrogens is 240 g/mol. The molecule has 0 aromatic rings. The summed E-state index contributed by atoms with van der Waals surface area (Å²) in [5.41, 5.74) is 0. The minimum Gasteiger partial charge on any atom is -0.383 e. The van der Waals surface area contributed by atoms with Gasteiger partial charge in [-0.2, -0.15) is 0 Å². The van der Waals surface area contributed by atoms with Crippen LogP contribution in [0.25, 0.3) is 0 Å². The molecule has 1 rings (SSSR count). The zero-order valence-electron chi connectivity index (χ0n) is 13.2. The fourth-order valence-corrected chi connectivity index (χ4v) is 2.51. The van der Waals surface area contributed by atoms with E-state index >= 15 is 0 Å². The van der Waals surface area contributed by atoms with Crippen LogP contribution in [-0.4, -0.2) is 101 Å². The van der Waals surface area contributed by atoms with Crippen molar-refractivity contribution in [1.29, 1.82) is 0 Å². The Kier molecular flexibility index (Phi) is 8.57. The van der Waals surface area contributed by atoms with Crippen molar-refractivity contribution in [3.8, 4) is 0 Å². The maximum atomic E-state index is 5.28. The highest BCUT2D eigenvalue weighted by atomic mass is 16.5. The molecule has 0 spiro atoms. The Balaban J connectivity index is 2.21. The molecule has 1 aliphatic rings. The Labute approximate surface area is 118 Å². The van der Waals surface area contributed by atoms with Gasteiger partial charge in [-0.25, -0.2) is 0 Å². The average Bonchev–Trinajstić information content (AvgIpc) is 2.38. The predicted octanol–water partition coefficient (Wildman–Crippen LogP) is -0.210. The van der Waals surface area contributed by atoms with Crippen LogP contribution in [0, 0.1) is 0 Å². The Bertz CT molecular complexity index is 211. The van der Waals surface area contributed by atoms with Gasteiger partial charge in [0.1, 0.15) is 0 Å². The van der Waals surface area contributed by atoms with E-state index in [1.807, 2.05) is 0 Å². The molecule has 0 saturated carbocycles. The van der Waals surface area contributed by atoms with Crippen molar-refractivity contribution in [3.63, 3.8) is 0 Å². The molecule has 19 heavy (non-hydrogen) atoms. The number of nitrogens with one attached hydrogen (secondary N) is 1. The molecule has 0 radical (unpaired) electrons. The summed E-state index contributed by atoms with van der Waals surface area (Å²) in [5.74, 6) is 0. The van der Waals surface area contributed by atoms with Gasteiger partial charge in [0, 0.05) is 59.0 Å². The van der Waals surface area contributed by atoms with E-state index in [4.69, 9.17) is 4.74 Å². The topological polar surface area (TPSA) is 31.0 Å². The van der Waals surface area contributed by atoms with Gasteiger partial charge in [-0.3, -0.25) is 9.80 Å². The van der Waals surface area contributed by atoms with Gasteiger partial charge in [-0.1, -0.05) is 6.92 Å². The minimum absolute atomic E-state index is 0.461. The third-order valence-corrected chi connectivity index (χ3v) is 3.67. The number of methoxy groups -OCH3 is 1. The minimum atomic E-state index is 0.461. The third-order valence-electron chi connectivity index (χ3n) is 3.67. The third kappa shape index (κ3) is 7.22. The maximum absolute atomic E-state index is 5.28. The molecule has 0 amide bonds. The molecule has 1 fully saturated rings. The standard InChI is InChI=1S/C14H32N4O/c1-5-15-14(13-19-4)12-18-10-8-17(9-11-18)7-6-16(2)3/h14-15H,5-13H2,1-4H3. The lowest BCUT2D eigenvalue weighted by Gasteiger charge is -2.36. The lowest BCUT2D eigenvalue weighted by molar-refractivity contribution is 0.0952. The van der Waals surface area contributed by atoms with Gasteiger partial charge in [0.15, 0.2) is 0 Å². The molecule has 1 saturated heterocycles. The number of likely N-dealkylation sites (N-methyl/N-ethyl adjacent to an activating group) is 2. The summed E-state index contributed by atoms with van der Waals surface area (Å²) in [7, 11) is 6.06. The second-order valence-electron chi connectivity index (χ2n) is 5.66. The van der Waals surface area contributed by atoms with Crippen molar-refractivity contribution >= 4 is 0 Å². The highest BCUT2D eigenvalue weighted by molar-refractivity contribution is 4.77. The molecule has 114 valence electrons. The van der Waals surface area contributed by atoms with E-state index in [2.05, 4.69) is 41.0 Å². The molecule has 1 atom stereocenters. The molecule has 0 bridgehead atoms. The summed E-state index contributed by atoms with van der Waals surface area (Å²) in [5, 5.41) is 3.50. The highest BCUT2D eigenvalue weighted by Gasteiger charge is 2.19. The molecule has 5 heteroatoms. The van der Waals surface area contributed by atoms with Crippen LogP contribution < -0.4 is 5.32 Å². The summed E-state index contributed by atoms with van der Waals surface area (Å²) >= 11 is 0. The van der Waals surface area contributed by atoms with Crippen molar-refractivity contribution in [2.24, 2.45) is 0 Å². The fraction of sp³-hybridized carbons (Fsp3) is 1.00. The van der Waals surface area contributed by atoms with Crippen molar-refractivity contribution in [2.45, 2.75) is 13.0 Å². The zero-order valence-corrected chi connectivity index (χ0v) is 13.2. The van der Waals surface area contributed by atoms with Gasteiger partial charge < -0.3 is 15.0 Å². The first kappa shape index (κ1) is 16.9. The Morgan fingerprint density at radius 3 is 2.32 bits per heavy atom. The summed E-state index contributed by atoms with van der Waals surface area (Å²) in [6, 6.07) is 0.461. The van der Waals surface area contributed by atoms with Crippen LogP contribution in [0.15, 0.2) is 0 Å². The lowest BCUT2D eigenvalue weighted by atomic mass is 10.2. The van der Waals surface area contributed by atoms with Crippen molar-refractivity contribution in [2.75, 3.05) is 80.2 Å². The smallest absolute Gasteiger partial charge is 0.0628 e. The molecule has 1 unspecified atom stereocenters. The second kappa shape index (κ2) is 9.66. The Morgan fingerprint density at radius 1 is 1.16 bits per heavy atom. The first-order valence-corrected chi connectivity index (χ1v) is 7.47. The van der Waals surface area contributed by atoms with Gasteiger partial charge in [-0.05, 0) is 20.6 Å². The molecule has 5 nitrogen and oxygen atoms in total. The van der Waals surface area contributed by atoms with Crippen molar-refractivity contribution in [3.05, 3.63) is 0 Å². The van der Waals surface area contributed by atoms with Crippen molar-refractivity contribution < 1.29 is 4.74 Å². The molecule has 0 aromatic heterocycles. The van der Waals surface area contributed by atoms with E-state index in [0.29, 0.717) is 6.04 Å². The van der Waals surface area contributed by atoms with E-state index in [0.717, 1.165) is 26.2 Å². The Hall–Kier alpha value is -0.200. The van der Waals surface area contributed by atoms with E-state index in [1.54, 1.807) is 7.11 Å². The first-order chi connectivity index (χ1) is 9.15. The fourth-order valence-electron chi connectivity index (χ4n) is 2.51. The lowest BCUT2D eigenvalue weighted by Crippen LogP contribution is -2.52. The van der Waals surface area contributed by atoms with E-state index < -0.39 is 0 Å². The molecule has 0 aromatic carbocycles. The van der Waals surface area contributed by atoms with Crippen LogP contribution in [0.2, 0.25) is 0 Å². The number of ether oxygens (including phenoxy) is 1. The van der Waals surface area contributed by atoms with Gasteiger partial charge in [-0.15, -0.1) is 0 Å². The normalized spacial score (nSPS) is 20.1. The van der Waals surface area contributed by atoms with Gasteiger partial charge in [0.25, 0.3) is 0 Å². The van der Waals surface area contributed by atoms with E-state index in [-0.39, 0.29) is 0 Å². The molecule has 1 aliphatic heterocycles. The second-order valence-corrected chi connectivity index (χ2v) is 5.66. The summed E-state index contributed by atoms with van der Waals surface area (Å²) in [6.45, 7) is 12.2. The van der Waals surface area contributed by atoms with Crippen LogP contribution in [0.4, 0.5) is 0 Å². The number of piperazine rings is 1. The number of rotatable bonds is 9. The predicted molar refractivity (Wildman–Crippen MR) is 80.8 cm³/mol. The van der Waals surface area contributed by atoms with E-state index in [9.17, 15) is 0 Å². The maximum Gasteiger partial charge on any atom is 0.0628 e. The van der Waals surface area contributed by atoms with Crippen LogP contribution in [-0.2, 0) is 4.74 Å². The van der Waals surface area contributed by atoms with Crippen LogP contribution >= 0.6 is 0 Å². The van der Waals surface area contributed by atoms with Gasteiger partial charge in [0.2, 0.25) is 0 Å². The average molecular weight is 272 g/mol. The summed E-state index contributed by atoms with van der Waals surface area (Å²) in [4.78, 5) is 7.37. The SMILES string of the molecule is CCNC(COC)CN1CCN(CCN(C)C)CC1. The van der Waals surface area contributed by atoms with Crippen LogP contribution in [0.3, 0.4) is 0 Å². The van der Waals surface area contributed by atoms with Crippen LogP contribution in [0.1, 0.15) is 6.92 Å².